The number of hydrogen-bond donors (Lipinski definition) is 1. The van der Waals surface area contributed by atoms with Crippen molar-refractivity contribution in [3.05, 3.63) is 152 Å². The number of rotatable bonds is 7. The maximum Gasteiger partial charge on any atom is 0.439 e. The van der Waals surface area contributed by atoms with Crippen LogP contribution >= 0.6 is 0 Å². The van der Waals surface area contributed by atoms with E-state index in [1.54, 1.807) is 10.1 Å². The Morgan fingerprint density at radius 2 is 1.54 bits per heavy atom. The summed E-state index contributed by atoms with van der Waals surface area (Å²) in [4.78, 5) is 33.2. The van der Waals surface area contributed by atoms with Gasteiger partial charge in [0, 0.05) is 29.9 Å². The molecule has 0 saturated heterocycles. The van der Waals surface area contributed by atoms with Gasteiger partial charge in [0.2, 0.25) is 0 Å². The summed E-state index contributed by atoms with van der Waals surface area (Å²) in [6, 6.07) is 32.8. The second-order valence-electron chi connectivity index (χ2n) is 14.5. The largest absolute Gasteiger partial charge is 0.490 e. The van der Waals surface area contributed by atoms with Crippen LogP contribution in [-0.2, 0) is 12.8 Å². The van der Waals surface area contributed by atoms with E-state index >= 15 is 0 Å². The van der Waals surface area contributed by atoms with Crippen molar-refractivity contribution in [3.8, 4) is 34.0 Å². The van der Waals surface area contributed by atoms with Crippen LogP contribution in [0.5, 0.6) is 5.75 Å². The number of nitrogens with zero attached hydrogens (tertiary/aromatic N) is 3. The third-order valence-electron chi connectivity index (χ3n) is 10.6. The van der Waals surface area contributed by atoms with E-state index in [1.807, 2.05) is 67.6 Å². The Bertz CT molecular complexity index is 2290. The van der Waals surface area contributed by atoms with E-state index in [0.29, 0.717) is 24.0 Å². The highest BCUT2D eigenvalue weighted by Gasteiger charge is 2.31. The number of H-pyrrole nitrogens is 1. The molecule has 2 fully saturated rings. The van der Waals surface area contributed by atoms with Gasteiger partial charge in [-0.3, -0.25) is 18.9 Å². The number of aryl methyl sites for hydroxylation is 1. The lowest BCUT2D eigenvalue weighted by molar-refractivity contribution is 0.254. The molecule has 1 aliphatic heterocycles. The van der Waals surface area contributed by atoms with Crippen LogP contribution in [0.1, 0.15) is 97.5 Å². The van der Waals surface area contributed by atoms with Crippen molar-refractivity contribution < 1.29 is 9.26 Å². The zero-order valence-electron chi connectivity index (χ0n) is 29.8. The predicted octanol–water partition coefficient (Wildman–Crippen LogP) is 9.08. The number of fused-ring (bicyclic) bond motifs is 1. The average molecular weight is 693 g/mol. The highest BCUT2D eigenvalue weighted by molar-refractivity contribution is 5.80. The molecule has 264 valence electrons. The lowest BCUT2D eigenvalue weighted by Crippen LogP contribution is -2.28. The number of hydrogen-bond acceptors (Lipinski definition) is 6. The van der Waals surface area contributed by atoms with Gasteiger partial charge in [-0.2, -0.15) is 0 Å². The van der Waals surface area contributed by atoms with Gasteiger partial charge in [0.15, 0.2) is 5.82 Å². The molecular formula is C44H44N4O4. The van der Waals surface area contributed by atoms with Gasteiger partial charge in [0.05, 0.1) is 11.4 Å². The minimum atomic E-state index is -0.591. The third kappa shape index (κ3) is 7.15. The third-order valence-corrected chi connectivity index (χ3v) is 10.6. The van der Waals surface area contributed by atoms with Crippen molar-refractivity contribution in [2.75, 3.05) is 0 Å². The van der Waals surface area contributed by atoms with Crippen LogP contribution in [0.2, 0.25) is 0 Å². The molecule has 1 unspecified atom stereocenters. The number of nitrogens with one attached hydrogen (secondary N) is 1. The van der Waals surface area contributed by atoms with Crippen LogP contribution in [0.4, 0.5) is 0 Å². The van der Waals surface area contributed by atoms with Gasteiger partial charge >= 0.3 is 5.76 Å². The van der Waals surface area contributed by atoms with Gasteiger partial charge in [-0.15, -0.1) is 0 Å². The van der Waals surface area contributed by atoms with Crippen molar-refractivity contribution in [1.82, 2.24) is 19.7 Å². The Kier molecular flexibility index (Phi) is 9.46. The van der Waals surface area contributed by atoms with E-state index in [4.69, 9.17) is 14.2 Å². The molecule has 2 aliphatic carbocycles. The Balaban J connectivity index is 0.000000273. The van der Waals surface area contributed by atoms with E-state index in [1.165, 1.54) is 32.1 Å². The van der Waals surface area contributed by atoms with Crippen molar-refractivity contribution in [1.29, 1.82) is 0 Å². The summed E-state index contributed by atoms with van der Waals surface area (Å²) >= 11 is 0. The molecule has 2 saturated carbocycles. The maximum absolute atomic E-state index is 14.1. The molecule has 6 aromatic rings. The smallest absolute Gasteiger partial charge is 0.439 e. The molecule has 3 heterocycles. The van der Waals surface area contributed by atoms with E-state index in [0.717, 1.165) is 75.7 Å². The fourth-order valence-electron chi connectivity index (χ4n) is 7.85. The lowest BCUT2D eigenvalue weighted by Gasteiger charge is -2.21. The van der Waals surface area contributed by atoms with Crippen LogP contribution < -0.4 is 16.1 Å². The van der Waals surface area contributed by atoms with Gasteiger partial charge in [-0.05, 0) is 91.5 Å². The second kappa shape index (κ2) is 14.6. The first-order chi connectivity index (χ1) is 25.4. The fraction of sp³-hybridized carbons (Fsp3) is 0.318. The molecule has 4 aromatic carbocycles. The van der Waals surface area contributed by atoms with Crippen molar-refractivity contribution in [3.63, 3.8) is 0 Å². The molecule has 2 aromatic heterocycles. The molecule has 8 nitrogen and oxygen atoms in total. The molecule has 3 aliphatic rings. The second-order valence-corrected chi connectivity index (χ2v) is 14.5. The fourth-order valence-corrected chi connectivity index (χ4v) is 7.85. The monoisotopic (exact) mass is 692 g/mol. The summed E-state index contributed by atoms with van der Waals surface area (Å²) in [5.74, 6) is 2.60. The Morgan fingerprint density at radius 3 is 2.25 bits per heavy atom. The van der Waals surface area contributed by atoms with E-state index in [-0.39, 0.29) is 11.7 Å². The van der Waals surface area contributed by atoms with Gasteiger partial charge < -0.3 is 4.74 Å². The van der Waals surface area contributed by atoms with E-state index in [2.05, 4.69) is 53.5 Å². The van der Waals surface area contributed by atoms with Crippen molar-refractivity contribution in [2.24, 2.45) is 0 Å². The van der Waals surface area contributed by atoms with Crippen molar-refractivity contribution in [2.45, 2.75) is 89.6 Å². The predicted molar refractivity (Wildman–Crippen MR) is 203 cm³/mol. The minimum Gasteiger partial charge on any atom is -0.490 e. The highest BCUT2D eigenvalue weighted by Crippen LogP contribution is 2.41. The normalized spacial score (nSPS) is 16.8. The van der Waals surface area contributed by atoms with Crippen LogP contribution in [0.25, 0.3) is 28.2 Å². The molecule has 52 heavy (non-hydrogen) atoms. The average Bonchev–Trinajstić information content (AvgIpc) is 3.82. The molecule has 9 rings (SSSR count). The van der Waals surface area contributed by atoms with Gasteiger partial charge in [-0.1, -0.05) is 103 Å². The van der Waals surface area contributed by atoms with Crippen LogP contribution in [0, 0.1) is 6.92 Å². The molecule has 0 amide bonds. The first kappa shape index (κ1) is 33.6. The topological polar surface area (TPSA) is 103 Å². The van der Waals surface area contributed by atoms with Gasteiger partial charge in [0.1, 0.15) is 17.7 Å². The Labute approximate surface area is 303 Å². The van der Waals surface area contributed by atoms with Gasteiger partial charge in [-0.25, -0.2) is 9.78 Å². The first-order valence-electron chi connectivity index (χ1n) is 18.6. The van der Waals surface area contributed by atoms with E-state index < -0.39 is 5.76 Å². The summed E-state index contributed by atoms with van der Waals surface area (Å²) < 4.78 is 12.3. The van der Waals surface area contributed by atoms with Crippen LogP contribution in [0.15, 0.2) is 111 Å². The zero-order valence-corrected chi connectivity index (χ0v) is 29.8. The quantitative estimate of drug-likeness (QED) is 0.179. The van der Waals surface area contributed by atoms with Crippen molar-refractivity contribution >= 4 is 0 Å². The molecular weight excluding hydrogens is 649 g/mol. The molecule has 0 radical (unpaired) electrons. The molecule has 1 N–H and O–H groups in total. The van der Waals surface area contributed by atoms with E-state index in [9.17, 15) is 9.59 Å². The SMILES string of the molecule is Cc1nc(C2CC2)c(Cc2ccc(-c3ccccc3-c3noc(=O)[nH]3)cc2)c(=O)n1-c1ccc2c(c1)CC(C)O2.c1ccc(C2CCCCC2)cc1. The highest BCUT2D eigenvalue weighted by atomic mass is 16.5. The molecule has 0 bridgehead atoms. The maximum atomic E-state index is 14.1. The summed E-state index contributed by atoms with van der Waals surface area (Å²) in [6.45, 7) is 3.97. The molecule has 8 heteroatoms. The Morgan fingerprint density at radius 1 is 0.808 bits per heavy atom. The lowest BCUT2D eigenvalue weighted by atomic mass is 9.84. The van der Waals surface area contributed by atoms with Gasteiger partial charge in [0.25, 0.3) is 5.56 Å². The summed E-state index contributed by atoms with van der Waals surface area (Å²) in [5, 5.41) is 3.86. The Hall–Kier alpha value is -5.50. The summed E-state index contributed by atoms with van der Waals surface area (Å²) in [7, 11) is 0. The van der Waals surface area contributed by atoms with Crippen LogP contribution in [-0.4, -0.2) is 25.8 Å². The standard InChI is InChI=1S/C32H28N4O4.C12H16/c1-18-15-23-17-24(13-14-28(23)39-18)36-19(2)33-29(22-11-12-22)27(31(36)37)16-20-7-9-21(10-8-20)25-5-3-4-6-26(25)30-34-32(38)40-35-30;1-3-7-11(8-4-1)12-9-5-2-6-10-12/h3-10,13-14,17-18,22H,11-12,15-16H2,1-2H3,(H,34,35,38);1,3-4,7-8,12H,2,5-6,9-10H2. The first-order valence-corrected chi connectivity index (χ1v) is 18.6. The number of aromatic nitrogens is 4. The number of aromatic amines is 1. The summed E-state index contributed by atoms with van der Waals surface area (Å²) in [5.41, 5.74) is 8.88. The number of benzene rings is 4. The number of ether oxygens (including phenoxy) is 1. The molecule has 0 spiro atoms. The summed E-state index contributed by atoms with van der Waals surface area (Å²) in [6.07, 6.45) is 10.7. The van der Waals surface area contributed by atoms with Crippen LogP contribution in [0.3, 0.4) is 0 Å². The molecule has 1 atom stereocenters. The zero-order chi connectivity index (χ0) is 35.6. The minimum absolute atomic E-state index is 0.00859.